The molecular formula is C12H9NO2. The topological polar surface area (TPSA) is 43.1 Å². The number of rotatable bonds is 3. The molecule has 0 saturated carbocycles. The van der Waals surface area contributed by atoms with E-state index in [9.17, 15) is 4.79 Å². The lowest BCUT2D eigenvalue weighted by atomic mass is 10.1. The van der Waals surface area contributed by atoms with Crippen LogP contribution in [0.1, 0.15) is 5.56 Å². The maximum Gasteiger partial charge on any atom is 0.142 e. The summed E-state index contributed by atoms with van der Waals surface area (Å²) in [6.45, 7) is 0. The van der Waals surface area contributed by atoms with Gasteiger partial charge in [-0.1, -0.05) is 35.5 Å². The van der Waals surface area contributed by atoms with Crippen LogP contribution in [0.15, 0.2) is 47.2 Å². The molecule has 2 aromatic rings. The molecule has 0 saturated heterocycles. The van der Waals surface area contributed by atoms with Crippen molar-refractivity contribution in [3.63, 3.8) is 0 Å². The number of hydrogen-bond donors (Lipinski definition) is 0. The summed E-state index contributed by atoms with van der Waals surface area (Å²) in [6, 6.07) is 9.67. The summed E-state index contributed by atoms with van der Waals surface area (Å²) in [7, 11) is 0. The van der Waals surface area contributed by atoms with Gasteiger partial charge in [0.15, 0.2) is 0 Å². The zero-order valence-electron chi connectivity index (χ0n) is 7.96. The third-order valence-corrected chi connectivity index (χ3v) is 2.00. The van der Waals surface area contributed by atoms with Gasteiger partial charge in [-0.3, -0.25) is 4.79 Å². The first-order valence-corrected chi connectivity index (χ1v) is 4.53. The van der Waals surface area contributed by atoms with Crippen LogP contribution < -0.4 is 0 Å². The van der Waals surface area contributed by atoms with Gasteiger partial charge in [-0.15, -0.1) is 0 Å². The summed E-state index contributed by atoms with van der Waals surface area (Å²) in [5.41, 5.74) is 2.51. The quantitative estimate of drug-likeness (QED) is 0.563. The van der Waals surface area contributed by atoms with Gasteiger partial charge in [-0.25, -0.2) is 0 Å². The van der Waals surface area contributed by atoms with Crippen LogP contribution in [0.4, 0.5) is 0 Å². The van der Waals surface area contributed by atoms with Crippen molar-refractivity contribution >= 4 is 12.4 Å². The van der Waals surface area contributed by atoms with Crippen molar-refractivity contribution in [2.75, 3.05) is 0 Å². The van der Waals surface area contributed by atoms with Crippen LogP contribution >= 0.6 is 0 Å². The number of carbonyl (C=O) groups is 1. The van der Waals surface area contributed by atoms with Crippen molar-refractivity contribution < 1.29 is 9.32 Å². The molecule has 0 amide bonds. The highest BCUT2D eigenvalue weighted by Gasteiger charge is 2.06. The standard InChI is InChI=1S/C12H9NO2/c14-8-4-7-11-9-15-13-12(11)10-5-2-1-3-6-10/h1-9H/b7-4+. The molecule has 1 heterocycles. The van der Waals surface area contributed by atoms with E-state index in [2.05, 4.69) is 5.16 Å². The molecule has 0 unspecified atom stereocenters. The largest absolute Gasteiger partial charge is 0.363 e. The van der Waals surface area contributed by atoms with Gasteiger partial charge in [0.05, 0.1) is 0 Å². The zero-order chi connectivity index (χ0) is 10.5. The average Bonchev–Trinajstić information content (AvgIpc) is 2.75. The average molecular weight is 199 g/mol. The number of benzene rings is 1. The molecule has 0 atom stereocenters. The number of aldehydes is 1. The highest BCUT2D eigenvalue weighted by atomic mass is 16.5. The number of nitrogens with zero attached hydrogens (tertiary/aromatic N) is 1. The fourth-order valence-electron chi connectivity index (χ4n) is 1.32. The van der Waals surface area contributed by atoms with E-state index < -0.39 is 0 Å². The number of hydrogen-bond acceptors (Lipinski definition) is 3. The molecule has 0 spiro atoms. The van der Waals surface area contributed by atoms with E-state index in [4.69, 9.17) is 4.52 Å². The highest BCUT2D eigenvalue weighted by Crippen LogP contribution is 2.22. The molecule has 2 rings (SSSR count). The lowest BCUT2D eigenvalue weighted by Crippen LogP contribution is -1.79. The van der Waals surface area contributed by atoms with E-state index in [1.54, 1.807) is 6.08 Å². The molecule has 0 bridgehead atoms. The molecule has 0 aliphatic heterocycles. The van der Waals surface area contributed by atoms with Crippen LogP contribution in [0.25, 0.3) is 17.3 Å². The minimum Gasteiger partial charge on any atom is -0.363 e. The lowest BCUT2D eigenvalue weighted by molar-refractivity contribution is -0.104. The summed E-state index contributed by atoms with van der Waals surface area (Å²) >= 11 is 0. The Hall–Kier alpha value is -2.16. The molecule has 1 aromatic carbocycles. The minimum absolute atomic E-state index is 0.724. The molecule has 3 heteroatoms. The highest BCUT2D eigenvalue weighted by molar-refractivity contribution is 5.78. The van der Waals surface area contributed by atoms with Crippen molar-refractivity contribution in [2.45, 2.75) is 0 Å². The van der Waals surface area contributed by atoms with E-state index in [0.717, 1.165) is 23.1 Å². The Balaban J connectivity index is 2.41. The van der Waals surface area contributed by atoms with Gasteiger partial charge >= 0.3 is 0 Å². The first kappa shape index (κ1) is 9.40. The zero-order valence-corrected chi connectivity index (χ0v) is 7.96. The summed E-state index contributed by atoms with van der Waals surface area (Å²) in [5, 5.41) is 3.90. The molecule has 3 nitrogen and oxygen atoms in total. The Morgan fingerprint density at radius 2 is 2.00 bits per heavy atom. The number of carbonyl (C=O) groups excluding carboxylic acids is 1. The first-order chi connectivity index (χ1) is 7.42. The van der Waals surface area contributed by atoms with Crippen LogP contribution in [0, 0.1) is 0 Å². The van der Waals surface area contributed by atoms with Crippen LogP contribution in [0.3, 0.4) is 0 Å². The Bertz CT molecular complexity index is 471. The van der Waals surface area contributed by atoms with E-state index in [1.165, 1.54) is 12.3 Å². The monoisotopic (exact) mass is 199 g/mol. The summed E-state index contributed by atoms with van der Waals surface area (Å²) in [6.07, 6.45) is 5.33. The lowest BCUT2D eigenvalue weighted by Gasteiger charge is -1.95. The van der Waals surface area contributed by atoms with Gasteiger partial charge in [-0.05, 0) is 12.2 Å². The third-order valence-electron chi connectivity index (χ3n) is 2.00. The Morgan fingerprint density at radius 1 is 1.20 bits per heavy atom. The molecule has 0 fully saturated rings. The Morgan fingerprint density at radius 3 is 2.73 bits per heavy atom. The molecule has 1 aromatic heterocycles. The summed E-state index contributed by atoms with van der Waals surface area (Å²) in [4.78, 5) is 10.2. The SMILES string of the molecule is O=C/C=C/c1conc1-c1ccccc1. The molecule has 0 N–H and O–H groups in total. The molecule has 15 heavy (non-hydrogen) atoms. The second-order valence-corrected chi connectivity index (χ2v) is 2.98. The van der Waals surface area contributed by atoms with Gasteiger partial charge in [0.1, 0.15) is 18.2 Å². The van der Waals surface area contributed by atoms with Gasteiger partial charge in [0.25, 0.3) is 0 Å². The van der Waals surface area contributed by atoms with Crippen LogP contribution in [-0.2, 0) is 4.79 Å². The summed E-state index contributed by atoms with van der Waals surface area (Å²) in [5.74, 6) is 0. The maximum atomic E-state index is 10.2. The predicted octanol–water partition coefficient (Wildman–Crippen LogP) is 2.55. The molecule has 0 aliphatic carbocycles. The fourth-order valence-corrected chi connectivity index (χ4v) is 1.32. The van der Waals surface area contributed by atoms with Gasteiger partial charge in [0, 0.05) is 11.1 Å². The molecule has 74 valence electrons. The summed E-state index contributed by atoms with van der Waals surface area (Å²) < 4.78 is 4.88. The maximum absolute atomic E-state index is 10.2. The Labute approximate surface area is 87.0 Å². The van der Waals surface area contributed by atoms with Crippen molar-refractivity contribution in [1.82, 2.24) is 5.16 Å². The second kappa shape index (κ2) is 4.37. The van der Waals surface area contributed by atoms with Crippen LogP contribution in [0.5, 0.6) is 0 Å². The fraction of sp³-hybridized carbons (Fsp3) is 0. The first-order valence-electron chi connectivity index (χ1n) is 4.53. The molecule has 0 aliphatic rings. The second-order valence-electron chi connectivity index (χ2n) is 2.98. The predicted molar refractivity (Wildman–Crippen MR) is 57.0 cm³/mol. The van der Waals surface area contributed by atoms with Gasteiger partial charge in [0.2, 0.25) is 0 Å². The van der Waals surface area contributed by atoms with Crippen molar-refractivity contribution in [3.05, 3.63) is 48.2 Å². The normalized spacial score (nSPS) is 10.7. The van der Waals surface area contributed by atoms with Gasteiger partial charge < -0.3 is 4.52 Å². The smallest absolute Gasteiger partial charge is 0.142 e. The van der Waals surface area contributed by atoms with Crippen LogP contribution in [0.2, 0.25) is 0 Å². The number of aromatic nitrogens is 1. The van der Waals surface area contributed by atoms with Crippen molar-refractivity contribution in [3.8, 4) is 11.3 Å². The minimum atomic E-state index is 0.724. The van der Waals surface area contributed by atoms with E-state index >= 15 is 0 Å². The van der Waals surface area contributed by atoms with E-state index in [0.29, 0.717) is 0 Å². The van der Waals surface area contributed by atoms with Crippen LogP contribution in [-0.4, -0.2) is 11.4 Å². The molecular weight excluding hydrogens is 190 g/mol. The van der Waals surface area contributed by atoms with Gasteiger partial charge in [-0.2, -0.15) is 0 Å². The van der Waals surface area contributed by atoms with Crippen molar-refractivity contribution in [1.29, 1.82) is 0 Å². The van der Waals surface area contributed by atoms with Crippen molar-refractivity contribution in [2.24, 2.45) is 0 Å². The third kappa shape index (κ3) is 2.02. The van der Waals surface area contributed by atoms with E-state index in [1.807, 2.05) is 30.3 Å². The van der Waals surface area contributed by atoms with E-state index in [-0.39, 0.29) is 0 Å². The Kier molecular flexibility index (Phi) is 2.74. The molecule has 0 radical (unpaired) electrons. The number of allylic oxidation sites excluding steroid dienone is 1.